The molecule has 0 fully saturated rings. The Morgan fingerprint density at radius 2 is 1.96 bits per heavy atom. The average molecular weight is 438 g/mol. The summed E-state index contributed by atoms with van der Waals surface area (Å²) >= 11 is 6.66. The number of carbonyl (C=O) groups excluding carboxylic acids is 1. The van der Waals surface area contributed by atoms with Crippen LogP contribution in [0.4, 0.5) is 0 Å². The van der Waals surface area contributed by atoms with E-state index < -0.39 is 11.6 Å². The zero-order chi connectivity index (χ0) is 16.4. The summed E-state index contributed by atoms with van der Waals surface area (Å²) < 4.78 is 11.2. The lowest BCUT2D eigenvalue weighted by Crippen LogP contribution is -2.18. The second-order valence-corrected chi connectivity index (χ2v) is 6.28. The third-order valence-electron chi connectivity index (χ3n) is 3.18. The van der Waals surface area contributed by atoms with Crippen LogP contribution in [0.1, 0.15) is 15.9 Å². The van der Waals surface area contributed by atoms with E-state index in [0.29, 0.717) is 22.0 Å². The number of carbonyl (C=O) groups is 1. The number of halogens is 2. The normalized spacial score (nSPS) is 10.7. The average Bonchev–Trinajstić information content (AvgIpc) is 2.53. The Morgan fingerprint density at radius 3 is 2.70 bits per heavy atom. The Labute approximate surface area is 148 Å². The van der Waals surface area contributed by atoms with Gasteiger partial charge in [-0.05, 0) is 42.0 Å². The number of hydrogen-bond acceptors (Lipinski definition) is 4. The van der Waals surface area contributed by atoms with Gasteiger partial charge in [0, 0.05) is 15.2 Å². The fourth-order valence-electron chi connectivity index (χ4n) is 2.09. The fourth-order valence-corrected chi connectivity index (χ4v) is 2.82. The minimum Gasteiger partial charge on any atom is -0.423 e. The minimum atomic E-state index is -0.747. The molecule has 0 unspecified atom stereocenters. The molecule has 0 N–H and O–H groups in total. The zero-order valence-electron chi connectivity index (χ0n) is 11.7. The molecule has 3 rings (SSSR count). The third kappa shape index (κ3) is 3.54. The van der Waals surface area contributed by atoms with Crippen LogP contribution in [0.5, 0.6) is 5.75 Å². The molecule has 1 aromatic heterocycles. The van der Waals surface area contributed by atoms with E-state index in [4.69, 9.17) is 9.15 Å². The van der Waals surface area contributed by atoms with E-state index in [1.165, 1.54) is 6.07 Å². The standard InChI is InChI=1S/C17H10Br2O4/c18-9-10-4-5-15-11(6-10)7-14(17(21)23-15)16(20)22-13-3-1-2-12(19)8-13/h1-8H,9H2. The van der Waals surface area contributed by atoms with E-state index >= 15 is 0 Å². The second kappa shape index (κ2) is 6.68. The summed E-state index contributed by atoms with van der Waals surface area (Å²) in [5, 5.41) is 1.34. The van der Waals surface area contributed by atoms with E-state index in [0.717, 1.165) is 10.0 Å². The van der Waals surface area contributed by atoms with Crippen molar-refractivity contribution >= 4 is 48.8 Å². The summed E-state index contributed by atoms with van der Waals surface area (Å²) in [5.41, 5.74) is 0.588. The highest BCUT2D eigenvalue weighted by atomic mass is 79.9. The minimum absolute atomic E-state index is 0.135. The van der Waals surface area contributed by atoms with Crippen LogP contribution in [-0.2, 0) is 5.33 Å². The van der Waals surface area contributed by atoms with Crippen LogP contribution >= 0.6 is 31.9 Å². The van der Waals surface area contributed by atoms with Gasteiger partial charge in [-0.25, -0.2) is 9.59 Å². The number of esters is 1. The van der Waals surface area contributed by atoms with Gasteiger partial charge in [0.25, 0.3) is 0 Å². The first-order valence-electron chi connectivity index (χ1n) is 6.67. The molecule has 23 heavy (non-hydrogen) atoms. The van der Waals surface area contributed by atoms with Crippen molar-refractivity contribution in [3.05, 3.63) is 74.6 Å². The number of hydrogen-bond donors (Lipinski definition) is 0. The quantitative estimate of drug-likeness (QED) is 0.258. The van der Waals surface area contributed by atoms with Gasteiger partial charge in [0.15, 0.2) is 0 Å². The molecule has 116 valence electrons. The van der Waals surface area contributed by atoms with Crippen LogP contribution in [0.3, 0.4) is 0 Å². The molecule has 0 saturated heterocycles. The highest BCUT2D eigenvalue weighted by Crippen LogP contribution is 2.20. The maximum atomic E-state index is 12.2. The van der Waals surface area contributed by atoms with Crippen LogP contribution < -0.4 is 10.4 Å². The number of alkyl halides is 1. The number of fused-ring (bicyclic) bond motifs is 1. The molecule has 1 heterocycles. The summed E-state index contributed by atoms with van der Waals surface area (Å²) in [4.78, 5) is 24.2. The Hall–Kier alpha value is -1.92. The summed E-state index contributed by atoms with van der Waals surface area (Å²) in [6.45, 7) is 0. The van der Waals surface area contributed by atoms with Crippen molar-refractivity contribution in [3.63, 3.8) is 0 Å². The van der Waals surface area contributed by atoms with Gasteiger partial charge in [-0.1, -0.05) is 44.0 Å². The van der Waals surface area contributed by atoms with E-state index in [1.54, 1.807) is 24.3 Å². The van der Waals surface area contributed by atoms with Crippen molar-refractivity contribution in [1.29, 1.82) is 0 Å². The molecule has 0 radical (unpaired) electrons. The van der Waals surface area contributed by atoms with Crippen LogP contribution in [0.15, 0.2) is 62.2 Å². The van der Waals surface area contributed by atoms with Gasteiger partial charge < -0.3 is 9.15 Å². The Morgan fingerprint density at radius 1 is 1.13 bits per heavy atom. The van der Waals surface area contributed by atoms with Crippen molar-refractivity contribution in [2.75, 3.05) is 0 Å². The topological polar surface area (TPSA) is 56.5 Å². The molecule has 0 aliphatic heterocycles. The summed E-state index contributed by atoms with van der Waals surface area (Å²) in [5.74, 6) is -0.402. The van der Waals surface area contributed by atoms with E-state index in [1.807, 2.05) is 18.2 Å². The van der Waals surface area contributed by atoms with Crippen molar-refractivity contribution in [1.82, 2.24) is 0 Å². The first-order chi connectivity index (χ1) is 11.1. The third-order valence-corrected chi connectivity index (χ3v) is 4.32. The van der Waals surface area contributed by atoms with Crippen LogP contribution in [-0.4, -0.2) is 5.97 Å². The monoisotopic (exact) mass is 436 g/mol. The molecule has 0 atom stereocenters. The second-order valence-electron chi connectivity index (χ2n) is 4.80. The van der Waals surface area contributed by atoms with Gasteiger partial charge in [-0.3, -0.25) is 0 Å². The Bertz CT molecular complexity index is 947. The van der Waals surface area contributed by atoms with Gasteiger partial charge in [0.2, 0.25) is 0 Å². The summed E-state index contributed by atoms with van der Waals surface area (Å²) in [6.07, 6.45) is 0. The van der Waals surface area contributed by atoms with Crippen molar-refractivity contribution < 1.29 is 13.9 Å². The first-order valence-corrected chi connectivity index (χ1v) is 8.59. The molecular formula is C17H10Br2O4. The number of ether oxygens (including phenoxy) is 1. The van der Waals surface area contributed by atoms with E-state index in [2.05, 4.69) is 31.9 Å². The van der Waals surface area contributed by atoms with Gasteiger partial charge in [0.05, 0.1) is 0 Å². The van der Waals surface area contributed by atoms with E-state index in [-0.39, 0.29) is 5.56 Å². The van der Waals surface area contributed by atoms with Crippen molar-refractivity contribution in [2.45, 2.75) is 5.33 Å². The van der Waals surface area contributed by atoms with Crippen LogP contribution in [0, 0.1) is 0 Å². The fraction of sp³-hybridized carbons (Fsp3) is 0.0588. The summed E-state index contributed by atoms with van der Waals surface area (Å²) in [6, 6.07) is 13.7. The maximum absolute atomic E-state index is 12.2. The van der Waals surface area contributed by atoms with Crippen LogP contribution in [0.2, 0.25) is 0 Å². The molecule has 3 aromatic rings. The first kappa shape index (κ1) is 16.0. The molecular weight excluding hydrogens is 428 g/mol. The van der Waals surface area contributed by atoms with Gasteiger partial charge in [-0.2, -0.15) is 0 Å². The largest absolute Gasteiger partial charge is 0.423 e. The lowest BCUT2D eigenvalue weighted by atomic mass is 10.1. The number of rotatable bonds is 3. The van der Waals surface area contributed by atoms with Crippen molar-refractivity contribution in [2.24, 2.45) is 0 Å². The Balaban J connectivity index is 1.99. The maximum Gasteiger partial charge on any atom is 0.351 e. The smallest absolute Gasteiger partial charge is 0.351 e. The molecule has 6 heteroatoms. The molecule has 0 saturated carbocycles. The summed E-state index contributed by atoms with van der Waals surface area (Å²) in [7, 11) is 0. The lowest BCUT2D eigenvalue weighted by Gasteiger charge is -2.05. The predicted octanol–water partition coefficient (Wildman–Crippen LogP) is 4.67. The molecule has 0 bridgehead atoms. The molecule has 0 aliphatic rings. The van der Waals surface area contributed by atoms with Gasteiger partial charge >= 0.3 is 11.6 Å². The van der Waals surface area contributed by atoms with E-state index in [9.17, 15) is 9.59 Å². The molecule has 0 amide bonds. The molecule has 0 aliphatic carbocycles. The van der Waals surface area contributed by atoms with Crippen LogP contribution in [0.25, 0.3) is 11.0 Å². The molecule has 0 spiro atoms. The van der Waals surface area contributed by atoms with Gasteiger partial charge in [0.1, 0.15) is 16.9 Å². The highest BCUT2D eigenvalue weighted by molar-refractivity contribution is 9.10. The Kier molecular flexibility index (Phi) is 4.63. The zero-order valence-corrected chi connectivity index (χ0v) is 14.9. The highest BCUT2D eigenvalue weighted by Gasteiger charge is 2.16. The predicted molar refractivity (Wildman–Crippen MR) is 94.2 cm³/mol. The van der Waals surface area contributed by atoms with Gasteiger partial charge in [-0.15, -0.1) is 0 Å². The SMILES string of the molecule is O=C(Oc1cccc(Br)c1)c1cc2cc(CBr)ccc2oc1=O. The number of benzene rings is 2. The van der Waals surface area contributed by atoms with Crippen molar-refractivity contribution in [3.8, 4) is 5.75 Å². The molecule has 4 nitrogen and oxygen atoms in total. The molecule has 2 aromatic carbocycles. The lowest BCUT2D eigenvalue weighted by molar-refractivity contribution is 0.0730.